The van der Waals surface area contributed by atoms with Crippen LogP contribution in [-0.2, 0) is 9.53 Å². The fourth-order valence-corrected chi connectivity index (χ4v) is 4.83. The van der Waals surface area contributed by atoms with Crippen LogP contribution in [0.2, 0.25) is 0 Å². The third-order valence-electron chi connectivity index (χ3n) is 5.21. The largest absolute Gasteiger partial charge is 0.469 e. The van der Waals surface area contributed by atoms with Crippen LogP contribution in [0, 0.1) is 23.2 Å². The topological polar surface area (TPSA) is 26.3 Å². The van der Waals surface area contributed by atoms with Crippen molar-refractivity contribution in [3.63, 3.8) is 0 Å². The predicted molar refractivity (Wildman–Crippen MR) is 57.2 cm³/mol. The van der Waals surface area contributed by atoms with Crippen LogP contribution in [-0.4, -0.2) is 13.1 Å². The van der Waals surface area contributed by atoms with E-state index >= 15 is 0 Å². The fourth-order valence-electron chi connectivity index (χ4n) is 4.83. The van der Waals surface area contributed by atoms with E-state index in [0.29, 0.717) is 11.8 Å². The molecule has 0 aliphatic heterocycles. The van der Waals surface area contributed by atoms with Gasteiger partial charge in [-0.1, -0.05) is 0 Å². The average molecular weight is 208 g/mol. The first-order valence-electron chi connectivity index (χ1n) is 6.29. The van der Waals surface area contributed by atoms with Gasteiger partial charge in [0.05, 0.1) is 7.11 Å². The van der Waals surface area contributed by atoms with Crippen LogP contribution in [0.25, 0.3) is 0 Å². The Kier molecular flexibility index (Phi) is 2.08. The van der Waals surface area contributed by atoms with E-state index in [1.165, 1.54) is 39.2 Å². The highest BCUT2D eigenvalue weighted by molar-refractivity contribution is 5.69. The lowest BCUT2D eigenvalue weighted by atomic mass is 9.73. The molecular weight excluding hydrogens is 188 g/mol. The first-order chi connectivity index (χ1) is 7.22. The normalized spacial score (nSPS) is 46.1. The molecule has 0 N–H and O–H groups in total. The second-order valence-electron chi connectivity index (χ2n) is 5.98. The first-order valence-corrected chi connectivity index (χ1v) is 6.29. The number of hydrogen-bond acceptors (Lipinski definition) is 2. The molecule has 4 saturated carbocycles. The van der Waals surface area contributed by atoms with Gasteiger partial charge >= 0.3 is 5.97 Å². The van der Waals surface area contributed by atoms with Gasteiger partial charge < -0.3 is 4.74 Å². The number of esters is 1. The minimum absolute atomic E-state index is 0.0180. The van der Waals surface area contributed by atoms with Crippen LogP contribution in [0.15, 0.2) is 0 Å². The zero-order valence-electron chi connectivity index (χ0n) is 9.50. The number of rotatable bonds is 3. The minimum Gasteiger partial charge on any atom is -0.469 e. The van der Waals surface area contributed by atoms with Crippen LogP contribution in [0.5, 0.6) is 0 Å². The fraction of sp³-hybridized carbons (Fsp3) is 0.923. The van der Waals surface area contributed by atoms with E-state index in [-0.39, 0.29) is 5.97 Å². The molecule has 0 spiro atoms. The van der Waals surface area contributed by atoms with Crippen molar-refractivity contribution in [1.82, 2.24) is 0 Å². The number of ether oxygens (including phenoxy) is 1. The summed E-state index contributed by atoms with van der Waals surface area (Å²) in [6, 6.07) is 0. The van der Waals surface area contributed by atoms with Gasteiger partial charge in [-0.05, 0) is 61.7 Å². The lowest BCUT2D eigenvalue weighted by molar-refractivity contribution is -0.141. The highest BCUT2D eigenvalue weighted by atomic mass is 16.5. The van der Waals surface area contributed by atoms with Crippen LogP contribution in [0.1, 0.15) is 44.9 Å². The molecule has 2 nitrogen and oxygen atoms in total. The van der Waals surface area contributed by atoms with Crippen molar-refractivity contribution < 1.29 is 9.53 Å². The summed E-state index contributed by atoms with van der Waals surface area (Å²) in [4.78, 5) is 11.2. The van der Waals surface area contributed by atoms with Gasteiger partial charge in [0.15, 0.2) is 0 Å². The Morgan fingerprint density at radius 1 is 1.27 bits per heavy atom. The molecule has 0 saturated heterocycles. The van der Waals surface area contributed by atoms with E-state index in [1.807, 2.05) is 0 Å². The summed E-state index contributed by atoms with van der Waals surface area (Å²) in [6.07, 6.45) is 8.95. The highest BCUT2D eigenvalue weighted by Gasteiger charge is 2.57. The lowest BCUT2D eigenvalue weighted by Crippen LogP contribution is -2.23. The Balaban J connectivity index is 1.68. The summed E-state index contributed by atoms with van der Waals surface area (Å²) < 4.78 is 4.75. The van der Waals surface area contributed by atoms with Crippen molar-refractivity contribution in [3.8, 4) is 0 Å². The Bertz CT molecular complexity index is 270. The number of methoxy groups -OCH3 is 1. The molecule has 4 bridgehead atoms. The lowest BCUT2D eigenvalue weighted by Gasteiger charge is -2.32. The predicted octanol–water partition coefficient (Wildman–Crippen LogP) is 2.77. The van der Waals surface area contributed by atoms with Gasteiger partial charge in [0.25, 0.3) is 0 Å². The van der Waals surface area contributed by atoms with E-state index in [1.54, 1.807) is 0 Å². The minimum atomic E-state index is -0.0180. The van der Waals surface area contributed by atoms with Crippen LogP contribution in [0.4, 0.5) is 0 Å². The molecule has 0 aromatic rings. The van der Waals surface area contributed by atoms with Crippen LogP contribution < -0.4 is 0 Å². The second kappa shape index (κ2) is 3.23. The molecule has 4 fully saturated rings. The molecule has 84 valence electrons. The van der Waals surface area contributed by atoms with Crippen molar-refractivity contribution >= 4 is 5.97 Å². The van der Waals surface area contributed by atoms with Gasteiger partial charge in [0.1, 0.15) is 0 Å². The van der Waals surface area contributed by atoms with Crippen molar-refractivity contribution in [2.24, 2.45) is 23.2 Å². The monoisotopic (exact) mass is 208 g/mol. The molecule has 0 aromatic heterocycles. The molecule has 2 heteroatoms. The maximum Gasteiger partial charge on any atom is 0.305 e. The van der Waals surface area contributed by atoms with Gasteiger partial charge in [-0.25, -0.2) is 0 Å². The molecule has 0 heterocycles. The van der Waals surface area contributed by atoms with Crippen molar-refractivity contribution in [2.45, 2.75) is 44.9 Å². The standard InChI is InChI=1S/C13H20O2/c1-15-12(14)2-3-13-7-9-4-10(8-13)6-11(13)5-9/h9-11H,2-8H2,1H3. The summed E-state index contributed by atoms with van der Waals surface area (Å²) in [7, 11) is 1.50. The molecule has 2 atom stereocenters. The van der Waals surface area contributed by atoms with Crippen molar-refractivity contribution in [2.75, 3.05) is 7.11 Å². The van der Waals surface area contributed by atoms with Crippen LogP contribution in [0.3, 0.4) is 0 Å². The third kappa shape index (κ3) is 1.41. The smallest absolute Gasteiger partial charge is 0.305 e. The summed E-state index contributed by atoms with van der Waals surface area (Å²) >= 11 is 0. The Labute approximate surface area is 91.4 Å². The van der Waals surface area contributed by atoms with E-state index in [4.69, 9.17) is 4.74 Å². The van der Waals surface area contributed by atoms with Gasteiger partial charge in [-0.15, -0.1) is 0 Å². The highest BCUT2D eigenvalue weighted by Crippen LogP contribution is 2.67. The van der Waals surface area contributed by atoms with Crippen LogP contribution >= 0.6 is 0 Å². The number of hydrogen-bond donors (Lipinski definition) is 0. The summed E-state index contributed by atoms with van der Waals surface area (Å²) in [5.41, 5.74) is 0.557. The molecule has 15 heavy (non-hydrogen) atoms. The molecule has 4 aliphatic carbocycles. The van der Waals surface area contributed by atoms with E-state index in [0.717, 1.165) is 24.2 Å². The summed E-state index contributed by atoms with van der Waals surface area (Å²) in [6.45, 7) is 0. The van der Waals surface area contributed by atoms with Gasteiger partial charge in [0.2, 0.25) is 0 Å². The van der Waals surface area contributed by atoms with Gasteiger partial charge in [-0.3, -0.25) is 4.79 Å². The average Bonchev–Trinajstić information content (AvgIpc) is 2.61. The third-order valence-corrected chi connectivity index (χ3v) is 5.21. The maximum atomic E-state index is 11.2. The SMILES string of the molecule is COC(=O)CCC12CC3CC(CC1C3)C2. The molecule has 0 radical (unpaired) electrons. The Hall–Kier alpha value is -0.530. The molecule has 2 unspecified atom stereocenters. The molecule has 0 aromatic carbocycles. The van der Waals surface area contributed by atoms with E-state index in [2.05, 4.69) is 0 Å². The van der Waals surface area contributed by atoms with Crippen molar-refractivity contribution in [3.05, 3.63) is 0 Å². The molecule has 4 rings (SSSR count). The molecule has 4 aliphatic rings. The number of carbonyl (C=O) groups excluding carboxylic acids is 1. The molecular formula is C13H20O2. The van der Waals surface area contributed by atoms with Crippen molar-refractivity contribution in [1.29, 1.82) is 0 Å². The zero-order valence-corrected chi connectivity index (χ0v) is 9.50. The van der Waals surface area contributed by atoms with Gasteiger partial charge in [0, 0.05) is 6.42 Å². The quantitative estimate of drug-likeness (QED) is 0.667. The second-order valence-corrected chi connectivity index (χ2v) is 5.98. The first kappa shape index (κ1) is 9.68. The van der Waals surface area contributed by atoms with E-state index < -0.39 is 0 Å². The molecule has 0 amide bonds. The van der Waals surface area contributed by atoms with Gasteiger partial charge in [-0.2, -0.15) is 0 Å². The zero-order chi connectivity index (χ0) is 10.5. The Morgan fingerprint density at radius 2 is 1.93 bits per heavy atom. The number of carbonyl (C=O) groups is 1. The van der Waals surface area contributed by atoms with E-state index in [9.17, 15) is 4.79 Å². The Morgan fingerprint density at radius 3 is 2.53 bits per heavy atom. The summed E-state index contributed by atoms with van der Waals surface area (Å²) in [5, 5.41) is 0. The maximum absolute atomic E-state index is 11.2. The summed E-state index contributed by atoms with van der Waals surface area (Å²) in [5.74, 6) is 2.93.